The lowest BCUT2D eigenvalue weighted by molar-refractivity contribution is -0.0533. The Hall–Kier alpha value is 0.137. The van der Waals surface area contributed by atoms with E-state index in [1.807, 2.05) is 0 Å². The van der Waals surface area contributed by atoms with Crippen molar-refractivity contribution in [3.63, 3.8) is 0 Å². The van der Waals surface area contributed by atoms with Gasteiger partial charge in [0.05, 0.1) is 6.10 Å². The SMILES string of the molecule is CCCC[Si]1(C(C)(C)C)OC[C@@H](C(C)C)[C@@H](C(C)C)O1. The first-order valence-electron chi connectivity index (χ1n) is 8.46. The van der Waals surface area contributed by atoms with Crippen LogP contribution in [0.25, 0.3) is 0 Å². The van der Waals surface area contributed by atoms with Crippen molar-refractivity contribution in [1.29, 1.82) is 0 Å². The molecule has 0 aromatic carbocycles. The molecule has 2 nitrogen and oxygen atoms in total. The van der Waals surface area contributed by atoms with E-state index in [4.69, 9.17) is 8.85 Å². The molecule has 0 spiro atoms. The third-order valence-electron chi connectivity index (χ3n) is 4.77. The Morgan fingerprint density at radius 3 is 2.10 bits per heavy atom. The predicted octanol–water partition coefficient (Wildman–Crippen LogP) is 5.37. The van der Waals surface area contributed by atoms with Crippen molar-refractivity contribution in [3.8, 4) is 0 Å². The zero-order chi connectivity index (χ0) is 15.6. The molecule has 0 aromatic rings. The summed E-state index contributed by atoms with van der Waals surface area (Å²) in [6.07, 6.45) is 2.81. The summed E-state index contributed by atoms with van der Waals surface area (Å²) < 4.78 is 13.3. The number of hydrogen-bond donors (Lipinski definition) is 0. The van der Waals surface area contributed by atoms with Crippen LogP contribution in [0.15, 0.2) is 0 Å². The molecule has 1 fully saturated rings. The van der Waals surface area contributed by atoms with Crippen LogP contribution in [0, 0.1) is 17.8 Å². The molecule has 0 bridgehead atoms. The van der Waals surface area contributed by atoms with Crippen LogP contribution in [0.1, 0.15) is 68.2 Å². The first-order chi connectivity index (χ1) is 9.14. The first-order valence-corrected chi connectivity index (χ1v) is 10.5. The molecule has 1 aliphatic rings. The average Bonchev–Trinajstić information content (AvgIpc) is 2.34. The fourth-order valence-corrected chi connectivity index (χ4v) is 7.21. The minimum absolute atomic E-state index is 0.150. The molecule has 0 N–H and O–H groups in total. The second-order valence-electron chi connectivity index (χ2n) is 8.15. The van der Waals surface area contributed by atoms with Crippen LogP contribution >= 0.6 is 0 Å². The van der Waals surface area contributed by atoms with Crippen LogP contribution in [-0.2, 0) is 8.85 Å². The molecule has 1 unspecified atom stereocenters. The summed E-state index contributed by atoms with van der Waals surface area (Å²) in [7, 11) is -2.12. The Morgan fingerprint density at radius 2 is 1.70 bits per heavy atom. The first kappa shape index (κ1) is 18.2. The van der Waals surface area contributed by atoms with Crippen LogP contribution in [-0.4, -0.2) is 21.3 Å². The summed E-state index contributed by atoms with van der Waals surface area (Å²) in [5, 5.41) is 0.150. The van der Waals surface area contributed by atoms with Crippen molar-refractivity contribution in [2.45, 2.75) is 85.4 Å². The third kappa shape index (κ3) is 3.86. The Balaban J connectivity index is 2.99. The van der Waals surface area contributed by atoms with E-state index < -0.39 is 8.56 Å². The molecule has 1 rings (SSSR count). The van der Waals surface area contributed by atoms with Crippen molar-refractivity contribution < 1.29 is 8.85 Å². The molecule has 0 aromatic heterocycles. The van der Waals surface area contributed by atoms with E-state index in [-0.39, 0.29) is 5.04 Å². The van der Waals surface area contributed by atoms with Crippen molar-refractivity contribution in [2.75, 3.05) is 6.61 Å². The Bertz CT molecular complexity index is 296. The van der Waals surface area contributed by atoms with Gasteiger partial charge in [-0.15, -0.1) is 0 Å². The lowest BCUT2D eigenvalue weighted by Gasteiger charge is -2.51. The van der Waals surface area contributed by atoms with Crippen molar-refractivity contribution >= 4 is 8.56 Å². The Morgan fingerprint density at radius 1 is 1.10 bits per heavy atom. The largest absolute Gasteiger partial charge is 0.393 e. The molecule has 1 heterocycles. The summed E-state index contributed by atoms with van der Waals surface area (Å²) in [5.41, 5.74) is 0. The molecule has 0 amide bonds. The van der Waals surface area contributed by atoms with Gasteiger partial charge in [-0.25, -0.2) is 0 Å². The van der Waals surface area contributed by atoms with Crippen LogP contribution < -0.4 is 0 Å². The van der Waals surface area contributed by atoms with E-state index >= 15 is 0 Å². The lowest BCUT2D eigenvalue weighted by Crippen LogP contribution is -2.60. The van der Waals surface area contributed by atoms with Crippen molar-refractivity contribution in [1.82, 2.24) is 0 Å². The van der Waals surface area contributed by atoms with Gasteiger partial charge in [0.25, 0.3) is 0 Å². The normalized spacial score (nSPS) is 32.1. The topological polar surface area (TPSA) is 18.5 Å². The van der Waals surface area contributed by atoms with Crippen LogP contribution in [0.4, 0.5) is 0 Å². The van der Waals surface area contributed by atoms with Crippen molar-refractivity contribution in [3.05, 3.63) is 0 Å². The maximum absolute atomic E-state index is 6.79. The quantitative estimate of drug-likeness (QED) is 0.635. The van der Waals surface area contributed by atoms with Gasteiger partial charge in [0.15, 0.2) is 0 Å². The smallest absolute Gasteiger partial charge is 0.343 e. The van der Waals surface area contributed by atoms with Gasteiger partial charge in [-0.05, 0) is 17.9 Å². The highest BCUT2D eigenvalue weighted by Crippen LogP contribution is 2.47. The minimum Gasteiger partial charge on any atom is -0.393 e. The molecule has 3 heteroatoms. The molecule has 20 heavy (non-hydrogen) atoms. The van der Waals surface area contributed by atoms with Gasteiger partial charge in [0.2, 0.25) is 0 Å². The Kier molecular flexibility index (Phi) is 6.30. The zero-order valence-electron chi connectivity index (χ0n) is 15.0. The van der Waals surface area contributed by atoms with Gasteiger partial charge < -0.3 is 8.85 Å². The van der Waals surface area contributed by atoms with Gasteiger partial charge in [-0.3, -0.25) is 0 Å². The van der Waals surface area contributed by atoms with E-state index in [0.29, 0.717) is 23.9 Å². The molecule has 0 radical (unpaired) electrons. The molecular formula is C17H36O2Si. The molecule has 0 aliphatic carbocycles. The summed E-state index contributed by atoms with van der Waals surface area (Å²) >= 11 is 0. The summed E-state index contributed by atoms with van der Waals surface area (Å²) in [6.45, 7) is 19.3. The Labute approximate surface area is 127 Å². The van der Waals surface area contributed by atoms with E-state index in [9.17, 15) is 0 Å². The second kappa shape index (κ2) is 6.93. The fourth-order valence-electron chi connectivity index (χ4n) is 3.18. The average molecular weight is 301 g/mol. The highest BCUT2D eigenvalue weighted by Gasteiger charge is 2.54. The third-order valence-corrected chi connectivity index (χ3v) is 9.36. The monoisotopic (exact) mass is 300 g/mol. The van der Waals surface area contributed by atoms with Gasteiger partial charge >= 0.3 is 8.56 Å². The molecule has 1 aliphatic heterocycles. The van der Waals surface area contributed by atoms with Crippen molar-refractivity contribution in [2.24, 2.45) is 17.8 Å². The highest BCUT2D eigenvalue weighted by molar-refractivity contribution is 6.70. The maximum atomic E-state index is 6.79. The standard InChI is InChI=1S/C17H36O2Si/c1-9-10-11-20(17(6,7)8)18-12-15(13(2)3)16(19-20)14(4)5/h13-16H,9-12H2,1-8H3/t15-,16+,20?/m0/s1. The van der Waals surface area contributed by atoms with E-state index in [0.717, 1.165) is 12.7 Å². The van der Waals surface area contributed by atoms with Gasteiger partial charge in [-0.1, -0.05) is 68.2 Å². The second-order valence-corrected chi connectivity index (χ2v) is 12.2. The summed E-state index contributed by atoms with van der Waals surface area (Å²) in [5.74, 6) is 1.74. The maximum Gasteiger partial charge on any atom is 0.343 e. The molecular weight excluding hydrogens is 264 g/mol. The molecule has 120 valence electrons. The van der Waals surface area contributed by atoms with Crippen LogP contribution in [0.3, 0.4) is 0 Å². The van der Waals surface area contributed by atoms with E-state index in [1.54, 1.807) is 0 Å². The molecule has 0 saturated carbocycles. The summed E-state index contributed by atoms with van der Waals surface area (Å²) in [6, 6.07) is 1.14. The molecule has 1 saturated heterocycles. The van der Waals surface area contributed by atoms with E-state index in [2.05, 4.69) is 55.4 Å². The van der Waals surface area contributed by atoms with Gasteiger partial charge in [0, 0.05) is 17.6 Å². The van der Waals surface area contributed by atoms with Crippen LogP contribution in [0.5, 0.6) is 0 Å². The van der Waals surface area contributed by atoms with E-state index in [1.165, 1.54) is 12.8 Å². The van der Waals surface area contributed by atoms with Gasteiger partial charge in [-0.2, -0.15) is 0 Å². The fraction of sp³-hybridized carbons (Fsp3) is 1.00. The predicted molar refractivity (Wildman–Crippen MR) is 89.2 cm³/mol. The molecule has 3 atom stereocenters. The van der Waals surface area contributed by atoms with Crippen LogP contribution in [0.2, 0.25) is 11.1 Å². The van der Waals surface area contributed by atoms with Gasteiger partial charge in [0.1, 0.15) is 0 Å². The number of rotatable bonds is 5. The zero-order valence-corrected chi connectivity index (χ0v) is 16.0. The lowest BCUT2D eigenvalue weighted by atomic mass is 9.85. The number of hydrogen-bond acceptors (Lipinski definition) is 2. The highest BCUT2D eigenvalue weighted by atomic mass is 28.4. The summed E-state index contributed by atoms with van der Waals surface area (Å²) in [4.78, 5) is 0. The number of unbranched alkanes of at least 4 members (excludes halogenated alkanes) is 1. The minimum atomic E-state index is -2.12.